The van der Waals surface area contributed by atoms with E-state index in [0.717, 1.165) is 4.47 Å². The summed E-state index contributed by atoms with van der Waals surface area (Å²) in [6.07, 6.45) is 1.38. The van der Waals surface area contributed by atoms with Crippen LogP contribution in [0.15, 0.2) is 22.3 Å². The van der Waals surface area contributed by atoms with Crippen molar-refractivity contribution >= 4 is 29.1 Å². The van der Waals surface area contributed by atoms with Gasteiger partial charge in [0.25, 0.3) is 0 Å². The van der Waals surface area contributed by atoms with Gasteiger partial charge in [-0.25, -0.2) is 4.39 Å². The van der Waals surface area contributed by atoms with Crippen LogP contribution in [0.5, 0.6) is 11.5 Å². The Hall–Kier alpha value is -1.05. The van der Waals surface area contributed by atoms with Crippen LogP contribution >= 0.6 is 15.9 Å². The zero-order valence-electron chi connectivity index (χ0n) is 12.9. The zero-order chi connectivity index (χ0) is 16.1. The maximum Gasteiger partial charge on any atom is 0.525 e. The molecule has 0 atom stereocenters. The normalized spacial score (nSPS) is 22.3. The summed E-state index contributed by atoms with van der Waals surface area (Å²) in [6, 6.07) is 3.48. The van der Waals surface area contributed by atoms with Gasteiger partial charge in [-0.1, -0.05) is 0 Å². The molecular formula is C15H17BBrFO4. The molecule has 0 amide bonds. The van der Waals surface area contributed by atoms with Crippen molar-refractivity contribution in [2.24, 2.45) is 0 Å². The van der Waals surface area contributed by atoms with Gasteiger partial charge in [-0.15, -0.1) is 0 Å². The van der Waals surface area contributed by atoms with E-state index in [0.29, 0.717) is 17.1 Å². The highest BCUT2D eigenvalue weighted by atomic mass is 79.9. The summed E-state index contributed by atoms with van der Waals surface area (Å²) < 4.78 is 37.2. The third-order valence-electron chi connectivity index (χ3n) is 4.23. The number of hydrogen-bond donors (Lipinski definition) is 0. The summed E-state index contributed by atoms with van der Waals surface area (Å²) >= 11 is 3.39. The molecule has 0 spiro atoms. The van der Waals surface area contributed by atoms with Crippen molar-refractivity contribution in [2.45, 2.75) is 38.9 Å². The minimum absolute atomic E-state index is 0.167. The van der Waals surface area contributed by atoms with Crippen LogP contribution in [0.25, 0.3) is 6.08 Å². The first kappa shape index (κ1) is 15.8. The van der Waals surface area contributed by atoms with Crippen LogP contribution in [-0.2, 0) is 9.31 Å². The van der Waals surface area contributed by atoms with E-state index in [1.54, 1.807) is 12.1 Å². The van der Waals surface area contributed by atoms with E-state index >= 15 is 0 Å². The maximum absolute atomic E-state index is 14.5. The number of fused-ring (bicyclic) bond motifs is 1. The van der Waals surface area contributed by atoms with Gasteiger partial charge in [0.2, 0.25) is 6.79 Å². The fourth-order valence-electron chi connectivity index (χ4n) is 2.25. The zero-order valence-corrected chi connectivity index (χ0v) is 14.5. The summed E-state index contributed by atoms with van der Waals surface area (Å²) in [5.74, 6) is 1.22. The van der Waals surface area contributed by atoms with Gasteiger partial charge in [-0.2, -0.15) is 0 Å². The van der Waals surface area contributed by atoms with Gasteiger partial charge in [0.05, 0.1) is 15.7 Å². The van der Waals surface area contributed by atoms with E-state index in [1.807, 2.05) is 27.7 Å². The molecule has 118 valence electrons. The summed E-state index contributed by atoms with van der Waals surface area (Å²) in [6.45, 7) is 7.71. The van der Waals surface area contributed by atoms with Crippen LogP contribution in [0.1, 0.15) is 33.3 Å². The Kier molecular flexibility index (Phi) is 3.78. The maximum atomic E-state index is 14.5. The molecule has 0 aliphatic carbocycles. The van der Waals surface area contributed by atoms with Gasteiger partial charge in [0.1, 0.15) is 5.73 Å². The third kappa shape index (κ3) is 2.66. The smallest absolute Gasteiger partial charge is 0.454 e. The highest BCUT2D eigenvalue weighted by Gasteiger charge is 2.53. The molecule has 2 aliphatic rings. The topological polar surface area (TPSA) is 36.9 Å². The Bertz CT molecular complexity index is 629. The van der Waals surface area contributed by atoms with Crippen LogP contribution in [0.3, 0.4) is 0 Å². The van der Waals surface area contributed by atoms with Gasteiger partial charge < -0.3 is 18.8 Å². The summed E-state index contributed by atoms with van der Waals surface area (Å²) in [7, 11) is -1.01. The highest BCUT2D eigenvalue weighted by molar-refractivity contribution is 9.10. The first-order chi connectivity index (χ1) is 10.2. The van der Waals surface area contributed by atoms with Crippen molar-refractivity contribution in [3.63, 3.8) is 0 Å². The van der Waals surface area contributed by atoms with Crippen molar-refractivity contribution in [3.8, 4) is 11.5 Å². The molecule has 4 nitrogen and oxygen atoms in total. The lowest BCUT2D eigenvalue weighted by Crippen LogP contribution is -2.41. The Labute approximate surface area is 137 Å². The predicted octanol–water partition coefficient (Wildman–Crippen LogP) is 4.12. The molecule has 7 heteroatoms. The third-order valence-corrected chi connectivity index (χ3v) is 4.82. The van der Waals surface area contributed by atoms with E-state index in [-0.39, 0.29) is 6.79 Å². The number of benzene rings is 1. The fraction of sp³-hybridized carbons (Fsp3) is 0.467. The first-order valence-corrected chi connectivity index (χ1v) is 7.81. The minimum atomic E-state index is -1.01. The van der Waals surface area contributed by atoms with E-state index in [2.05, 4.69) is 15.9 Å². The summed E-state index contributed by atoms with van der Waals surface area (Å²) in [5.41, 5.74) is -0.982. The van der Waals surface area contributed by atoms with Crippen molar-refractivity contribution < 1.29 is 23.2 Å². The summed E-state index contributed by atoms with van der Waals surface area (Å²) in [4.78, 5) is 0. The van der Waals surface area contributed by atoms with Crippen molar-refractivity contribution in [1.29, 1.82) is 0 Å². The second-order valence-corrected chi connectivity index (χ2v) is 7.21. The first-order valence-electron chi connectivity index (χ1n) is 7.01. The molecule has 2 aliphatic heterocycles. The number of hydrogen-bond acceptors (Lipinski definition) is 4. The van der Waals surface area contributed by atoms with E-state index < -0.39 is 24.0 Å². The molecule has 0 N–H and O–H groups in total. The lowest BCUT2D eigenvalue weighted by Gasteiger charge is -2.32. The SMILES string of the molecule is CC1(C)OB(C(F)=Cc2cc(Br)c3c(c2)OCO3)OC1(C)C. The Morgan fingerprint density at radius 3 is 2.45 bits per heavy atom. The van der Waals surface area contributed by atoms with Gasteiger partial charge in [0, 0.05) is 0 Å². The molecule has 0 saturated carbocycles. The highest BCUT2D eigenvalue weighted by Crippen LogP contribution is 2.42. The second-order valence-electron chi connectivity index (χ2n) is 6.35. The number of ether oxygens (including phenoxy) is 2. The molecule has 0 radical (unpaired) electrons. The molecule has 0 bridgehead atoms. The predicted molar refractivity (Wildman–Crippen MR) is 85.4 cm³/mol. The molecule has 1 aromatic carbocycles. The van der Waals surface area contributed by atoms with Crippen LogP contribution in [0.2, 0.25) is 0 Å². The molecule has 0 aromatic heterocycles. The lowest BCUT2D eigenvalue weighted by atomic mass is 9.87. The fourth-order valence-corrected chi connectivity index (χ4v) is 2.83. The van der Waals surface area contributed by atoms with Gasteiger partial charge in [0.15, 0.2) is 11.5 Å². The molecule has 1 aromatic rings. The monoisotopic (exact) mass is 370 g/mol. The Morgan fingerprint density at radius 2 is 1.82 bits per heavy atom. The largest absolute Gasteiger partial charge is 0.525 e. The Morgan fingerprint density at radius 1 is 1.18 bits per heavy atom. The minimum Gasteiger partial charge on any atom is -0.454 e. The molecule has 22 heavy (non-hydrogen) atoms. The molecule has 0 unspecified atom stereocenters. The van der Waals surface area contributed by atoms with Crippen molar-refractivity contribution in [2.75, 3.05) is 6.79 Å². The summed E-state index contributed by atoms with van der Waals surface area (Å²) in [5, 5.41) is 0. The van der Waals surface area contributed by atoms with Gasteiger partial charge in [-0.05, 0) is 67.4 Å². The second kappa shape index (κ2) is 5.25. The number of halogens is 2. The number of rotatable bonds is 2. The van der Waals surface area contributed by atoms with Crippen molar-refractivity contribution in [3.05, 3.63) is 27.9 Å². The Balaban J connectivity index is 1.86. The molecule has 3 rings (SSSR count). The van der Waals surface area contributed by atoms with Gasteiger partial charge >= 0.3 is 7.12 Å². The van der Waals surface area contributed by atoms with E-state index in [4.69, 9.17) is 18.8 Å². The molecule has 2 heterocycles. The average molecular weight is 371 g/mol. The quantitative estimate of drug-likeness (QED) is 0.734. The standard InChI is InChI=1S/C15H17BBrFO4/c1-14(2)15(3,4)22-16(21-14)12(18)7-9-5-10(17)13-11(6-9)19-8-20-13/h5-7H,8H2,1-4H3. The van der Waals surface area contributed by atoms with Crippen LogP contribution in [-0.4, -0.2) is 25.1 Å². The van der Waals surface area contributed by atoms with Crippen LogP contribution in [0.4, 0.5) is 4.39 Å². The molecular weight excluding hydrogens is 354 g/mol. The lowest BCUT2D eigenvalue weighted by molar-refractivity contribution is 0.00578. The van der Waals surface area contributed by atoms with Crippen LogP contribution in [0, 0.1) is 0 Å². The van der Waals surface area contributed by atoms with E-state index in [1.165, 1.54) is 6.08 Å². The van der Waals surface area contributed by atoms with E-state index in [9.17, 15) is 4.39 Å². The van der Waals surface area contributed by atoms with Gasteiger partial charge in [-0.3, -0.25) is 0 Å². The molecule has 1 saturated heterocycles. The van der Waals surface area contributed by atoms with Crippen molar-refractivity contribution in [1.82, 2.24) is 0 Å². The molecule has 1 fully saturated rings. The van der Waals surface area contributed by atoms with Crippen LogP contribution < -0.4 is 9.47 Å². The average Bonchev–Trinajstić information content (AvgIpc) is 2.93.